The molecule has 1 aromatic carbocycles. The number of nitrogens with two attached hydrogens (primary N) is 1. The van der Waals surface area contributed by atoms with Crippen molar-refractivity contribution < 1.29 is 9.18 Å². The minimum atomic E-state index is -0.513. The number of nitrogens with zero attached hydrogens (tertiary/aromatic N) is 1. The van der Waals surface area contributed by atoms with Crippen LogP contribution in [0, 0.1) is 11.7 Å². The van der Waals surface area contributed by atoms with Crippen LogP contribution in [0.5, 0.6) is 0 Å². The average molecular weight is 285 g/mol. The number of benzene rings is 1. The SMILES string of the molecule is CC1CCCN(C(=O)c2ccc(F)c(Cl)c2)C1CN. The largest absolute Gasteiger partial charge is 0.334 e. The number of piperidine rings is 1. The molecule has 0 spiro atoms. The van der Waals surface area contributed by atoms with Gasteiger partial charge in [-0.1, -0.05) is 18.5 Å². The second-order valence-corrected chi connectivity index (χ2v) is 5.46. The highest BCUT2D eigenvalue weighted by molar-refractivity contribution is 6.31. The number of carbonyl (C=O) groups excluding carboxylic acids is 1. The van der Waals surface area contributed by atoms with Crippen molar-refractivity contribution in [3.05, 3.63) is 34.6 Å². The predicted molar refractivity (Wildman–Crippen MR) is 73.7 cm³/mol. The van der Waals surface area contributed by atoms with E-state index in [-0.39, 0.29) is 17.0 Å². The molecule has 2 unspecified atom stereocenters. The lowest BCUT2D eigenvalue weighted by Crippen LogP contribution is -2.51. The highest BCUT2D eigenvalue weighted by atomic mass is 35.5. The molecule has 1 aliphatic heterocycles. The van der Waals surface area contributed by atoms with Gasteiger partial charge in [-0.3, -0.25) is 4.79 Å². The van der Waals surface area contributed by atoms with Crippen molar-refractivity contribution in [2.24, 2.45) is 11.7 Å². The Hall–Kier alpha value is -1.13. The Morgan fingerprint density at radius 3 is 2.95 bits per heavy atom. The van der Waals surface area contributed by atoms with Gasteiger partial charge in [0.15, 0.2) is 0 Å². The standard InChI is InChI=1S/C14H18ClFN2O/c1-9-3-2-6-18(13(9)8-17)14(19)10-4-5-12(16)11(15)7-10/h4-5,7,9,13H,2-3,6,8,17H2,1H3. The van der Waals surface area contributed by atoms with Crippen LogP contribution in [0.1, 0.15) is 30.1 Å². The van der Waals surface area contributed by atoms with E-state index in [9.17, 15) is 9.18 Å². The van der Waals surface area contributed by atoms with Crippen LogP contribution < -0.4 is 5.73 Å². The fourth-order valence-corrected chi connectivity index (χ4v) is 2.84. The van der Waals surface area contributed by atoms with E-state index in [0.717, 1.165) is 12.8 Å². The van der Waals surface area contributed by atoms with Gasteiger partial charge in [0.05, 0.1) is 5.02 Å². The van der Waals surface area contributed by atoms with Crippen molar-refractivity contribution in [3.8, 4) is 0 Å². The molecule has 1 amide bonds. The summed E-state index contributed by atoms with van der Waals surface area (Å²) in [5.74, 6) is -0.247. The summed E-state index contributed by atoms with van der Waals surface area (Å²) in [6.07, 6.45) is 2.05. The van der Waals surface area contributed by atoms with Gasteiger partial charge < -0.3 is 10.6 Å². The predicted octanol–water partition coefficient (Wildman–Crippen LogP) is 2.68. The molecular weight excluding hydrogens is 267 g/mol. The maximum atomic E-state index is 13.1. The molecule has 2 N–H and O–H groups in total. The van der Waals surface area contributed by atoms with Crippen LogP contribution in [0.15, 0.2) is 18.2 Å². The lowest BCUT2D eigenvalue weighted by atomic mass is 9.90. The third-order valence-electron chi connectivity index (χ3n) is 3.78. The molecule has 0 saturated carbocycles. The second kappa shape index (κ2) is 5.88. The molecule has 2 atom stereocenters. The minimum absolute atomic E-state index is 0.0276. The van der Waals surface area contributed by atoms with E-state index in [0.29, 0.717) is 24.6 Å². The second-order valence-electron chi connectivity index (χ2n) is 5.05. The molecule has 1 heterocycles. The number of carbonyl (C=O) groups is 1. The lowest BCUT2D eigenvalue weighted by molar-refractivity contribution is 0.0532. The Kier molecular flexibility index (Phi) is 4.42. The first-order chi connectivity index (χ1) is 9.04. The summed E-state index contributed by atoms with van der Waals surface area (Å²) in [4.78, 5) is 14.3. The van der Waals surface area contributed by atoms with Crippen molar-refractivity contribution in [1.82, 2.24) is 4.90 Å². The molecule has 2 rings (SSSR count). The van der Waals surface area contributed by atoms with Crippen LogP contribution in [0.3, 0.4) is 0 Å². The van der Waals surface area contributed by atoms with Gasteiger partial charge in [-0.25, -0.2) is 4.39 Å². The number of likely N-dealkylation sites (tertiary alicyclic amines) is 1. The van der Waals surface area contributed by atoms with Gasteiger partial charge in [-0.2, -0.15) is 0 Å². The van der Waals surface area contributed by atoms with Crippen molar-refractivity contribution in [2.75, 3.05) is 13.1 Å². The van der Waals surface area contributed by atoms with Crippen molar-refractivity contribution in [1.29, 1.82) is 0 Å². The molecule has 0 aliphatic carbocycles. The Balaban J connectivity index is 2.24. The monoisotopic (exact) mass is 284 g/mol. The van der Waals surface area contributed by atoms with Gasteiger partial charge in [-0.05, 0) is 37.0 Å². The number of hydrogen-bond donors (Lipinski definition) is 1. The molecule has 5 heteroatoms. The molecule has 0 bridgehead atoms. The molecule has 1 fully saturated rings. The summed E-state index contributed by atoms with van der Waals surface area (Å²) >= 11 is 5.73. The average Bonchev–Trinajstić information content (AvgIpc) is 2.40. The number of halogens is 2. The Bertz CT molecular complexity index is 481. The molecule has 0 radical (unpaired) electrons. The molecule has 1 aliphatic rings. The number of rotatable bonds is 2. The van der Waals surface area contributed by atoms with E-state index in [1.54, 1.807) is 4.90 Å². The van der Waals surface area contributed by atoms with Crippen molar-refractivity contribution in [3.63, 3.8) is 0 Å². The summed E-state index contributed by atoms with van der Waals surface area (Å²) in [5, 5.41) is -0.0276. The molecule has 1 saturated heterocycles. The van der Waals surface area contributed by atoms with Gasteiger partial charge >= 0.3 is 0 Å². The molecule has 0 aromatic heterocycles. The topological polar surface area (TPSA) is 46.3 Å². The highest BCUT2D eigenvalue weighted by Gasteiger charge is 2.31. The normalized spacial score (nSPS) is 23.5. The van der Waals surface area contributed by atoms with Crippen LogP contribution in [-0.2, 0) is 0 Å². The van der Waals surface area contributed by atoms with E-state index in [4.69, 9.17) is 17.3 Å². The smallest absolute Gasteiger partial charge is 0.254 e. The van der Waals surface area contributed by atoms with E-state index >= 15 is 0 Å². The zero-order valence-electron chi connectivity index (χ0n) is 10.9. The summed E-state index contributed by atoms with van der Waals surface area (Å²) in [6, 6.07) is 4.12. The quantitative estimate of drug-likeness (QED) is 0.907. The number of hydrogen-bond acceptors (Lipinski definition) is 2. The Labute approximate surface area is 117 Å². The lowest BCUT2D eigenvalue weighted by Gasteiger charge is -2.39. The highest BCUT2D eigenvalue weighted by Crippen LogP contribution is 2.25. The van der Waals surface area contributed by atoms with Crippen molar-refractivity contribution >= 4 is 17.5 Å². The summed E-state index contributed by atoms with van der Waals surface area (Å²) in [5.41, 5.74) is 6.19. The van der Waals surface area contributed by atoms with Gasteiger partial charge in [0.2, 0.25) is 0 Å². The molecular formula is C14H18ClFN2O. The fourth-order valence-electron chi connectivity index (χ4n) is 2.66. The fraction of sp³-hybridized carbons (Fsp3) is 0.500. The maximum Gasteiger partial charge on any atom is 0.254 e. The Morgan fingerprint density at radius 1 is 1.58 bits per heavy atom. The van der Waals surface area contributed by atoms with E-state index < -0.39 is 5.82 Å². The summed E-state index contributed by atoms with van der Waals surface area (Å²) in [7, 11) is 0. The third kappa shape index (κ3) is 2.90. The van der Waals surface area contributed by atoms with Crippen LogP contribution >= 0.6 is 11.6 Å². The zero-order chi connectivity index (χ0) is 14.0. The van der Waals surface area contributed by atoms with Gasteiger partial charge in [0.25, 0.3) is 5.91 Å². The first-order valence-corrected chi connectivity index (χ1v) is 6.88. The zero-order valence-corrected chi connectivity index (χ0v) is 11.7. The summed E-state index contributed by atoms with van der Waals surface area (Å²) in [6.45, 7) is 3.25. The van der Waals surface area contributed by atoms with Crippen LogP contribution in [-0.4, -0.2) is 29.9 Å². The van der Waals surface area contributed by atoms with Crippen LogP contribution in [0.25, 0.3) is 0 Å². The minimum Gasteiger partial charge on any atom is -0.334 e. The Morgan fingerprint density at radius 2 is 2.32 bits per heavy atom. The van der Waals surface area contributed by atoms with Gasteiger partial charge in [-0.15, -0.1) is 0 Å². The van der Waals surface area contributed by atoms with Gasteiger partial charge in [0, 0.05) is 24.7 Å². The summed E-state index contributed by atoms with van der Waals surface area (Å²) < 4.78 is 13.1. The molecule has 19 heavy (non-hydrogen) atoms. The van der Waals surface area contributed by atoms with E-state index in [2.05, 4.69) is 6.92 Å². The van der Waals surface area contributed by atoms with E-state index in [1.165, 1.54) is 18.2 Å². The molecule has 104 valence electrons. The van der Waals surface area contributed by atoms with E-state index in [1.807, 2.05) is 0 Å². The molecule has 3 nitrogen and oxygen atoms in total. The van der Waals surface area contributed by atoms with Crippen LogP contribution in [0.2, 0.25) is 5.02 Å². The molecule has 1 aromatic rings. The van der Waals surface area contributed by atoms with Crippen LogP contribution in [0.4, 0.5) is 4.39 Å². The number of amides is 1. The van der Waals surface area contributed by atoms with Gasteiger partial charge in [0.1, 0.15) is 5.82 Å². The maximum absolute atomic E-state index is 13.1. The van der Waals surface area contributed by atoms with Crippen molar-refractivity contribution in [2.45, 2.75) is 25.8 Å². The first-order valence-electron chi connectivity index (χ1n) is 6.50. The third-order valence-corrected chi connectivity index (χ3v) is 4.07. The first kappa shape index (κ1) is 14.3.